The first kappa shape index (κ1) is 32.1. The van der Waals surface area contributed by atoms with E-state index in [0.29, 0.717) is 17.7 Å². The summed E-state index contributed by atoms with van der Waals surface area (Å²) in [5.74, 6) is -1.43. The molecule has 0 radical (unpaired) electrons. The van der Waals surface area contributed by atoms with E-state index in [-0.39, 0.29) is 18.9 Å². The smallest absolute Gasteiger partial charge is 0.411 e. The third-order valence-corrected chi connectivity index (χ3v) is 5.67. The van der Waals surface area contributed by atoms with Crippen LogP contribution in [-0.4, -0.2) is 60.9 Å². The molecule has 0 saturated heterocycles. The summed E-state index contributed by atoms with van der Waals surface area (Å²) in [5, 5.41) is 2.55. The highest BCUT2D eigenvalue weighted by Crippen LogP contribution is 2.19. The van der Waals surface area contributed by atoms with Crippen LogP contribution in [0.1, 0.15) is 52.2 Å². The Morgan fingerprint density at radius 3 is 2.08 bits per heavy atom. The van der Waals surface area contributed by atoms with Gasteiger partial charge in [0.15, 0.2) is 0 Å². The number of benzene rings is 2. The molecule has 0 fully saturated rings. The van der Waals surface area contributed by atoms with Gasteiger partial charge in [-0.05, 0) is 56.4 Å². The van der Waals surface area contributed by atoms with Crippen LogP contribution in [0.5, 0.6) is 0 Å². The summed E-state index contributed by atoms with van der Waals surface area (Å²) in [7, 11) is 2.73. The van der Waals surface area contributed by atoms with Crippen molar-refractivity contribution in [1.29, 1.82) is 0 Å². The highest BCUT2D eigenvalue weighted by atomic mass is 16.6. The lowest BCUT2D eigenvalue weighted by atomic mass is 10.0. The quantitative estimate of drug-likeness (QED) is 0.291. The van der Waals surface area contributed by atoms with Gasteiger partial charge in [-0.15, -0.1) is 0 Å². The lowest BCUT2D eigenvalue weighted by molar-refractivity contribution is -0.171. The maximum absolute atomic E-state index is 13.4. The number of likely N-dealkylation sites (N-methyl/N-ethyl adjacent to an activating group) is 1. The predicted molar refractivity (Wildman–Crippen MR) is 150 cm³/mol. The maximum atomic E-state index is 13.4. The molecule has 0 aliphatic heterocycles. The number of anilines is 1. The van der Waals surface area contributed by atoms with Gasteiger partial charge in [0.25, 0.3) is 0 Å². The van der Waals surface area contributed by atoms with Gasteiger partial charge in [0.1, 0.15) is 18.2 Å². The van der Waals surface area contributed by atoms with Crippen LogP contribution in [0.2, 0.25) is 0 Å². The number of nitrogens with zero attached hydrogens (tertiary/aromatic N) is 1. The normalized spacial score (nSPS) is 12.6. The molecule has 1 N–H and O–H groups in total. The zero-order chi connectivity index (χ0) is 29.9. The summed E-state index contributed by atoms with van der Waals surface area (Å²) in [6.45, 7) is 9.04. The number of methoxy groups -OCH3 is 1. The van der Waals surface area contributed by atoms with Crippen LogP contribution in [0.15, 0.2) is 54.6 Å². The number of amides is 2. The van der Waals surface area contributed by atoms with Gasteiger partial charge < -0.3 is 18.9 Å². The van der Waals surface area contributed by atoms with Gasteiger partial charge in [0.2, 0.25) is 6.10 Å². The van der Waals surface area contributed by atoms with Gasteiger partial charge in [0.05, 0.1) is 7.11 Å². The number of carbonyl (C=O) groups is 4. The molecule has 10 nitrogen and oxygen atoms in total. The largest absolute Gasteiger partial charge is 0.458 e. The van der Waals surface area contributed by atoms with E-state index < -0.39 is 41.9 Å². The molecule has 2 amide bonds. The number of hydrogen-bond donors (Lipinski definition) is 1. The van der Waals surface area contributed by atoms with Crippen molar-refractivity contribution in [2.75, 3.05) is 19.5 Å². The fourth-order valence-electron chi connectivity index (χ4n) is 3.64. The number of nitrogens with one attached hydrogen (secondary N) is 1. The van der Waals surface area contributed by atoms with E-state index in [4.69, 9.17) is 14.2 Å². The van der Waals surface area contributed by atoms with Gasteiger partial charge in [-0.1, -0.05) is 56.3 Å². The van der Waals surface area contributed by atoms with Crippen LogP contribution in [0.4, 0.5) is 15.3 Å². The van der Waals surface area contributed by atoms with Crippen molar-refractivity contribution in [2.24, 2.45) is 5.92 Å². The van der Waals surface area contributed by atoms with E-state index in [0.717, 1.165) is 5.56 Å². The molecule has 2 rings (SSSR count). The molecule has 40 heavy (non-hydrogen) atoms. The summed E-state index contributed by atoms with van der Waals surface area (Å²) < 4.78 is 21.3. The van der Waals surface area contributed by atoms with Crippen molar-refractivity contribution < 1.29 is 38.1 Å². The molecule has 0 aliphatic rings. The molecule has 0 aliphatic carbocycles. The zero-order valence-electron chi connectivity index (χ0n) is 24.3. The maximum Gasteiger partial charge on any atom is 0.411 e. The molecule has 0 spiro atoms. The molecule has 0 saturated carbocycles. The molecule has 0 unspecified atom stereocenters. The molecule has 0 aromatic heterocycles. The lowest BCUT2D eigenvalue weighted by Gasteiger charge is -2.31. The molecular weight excluding hydrogens is 516 g/mol. The summed E-state index contributed by atoms with van der Waals surface area (Å²) in [6, 6.07) is 14.8. The van der Waals surface area contributed by atoms with Crippen molar-refractivity contribution in [3.8, 4) is 0 Å². The predicted octanol–water partition coefficient (Wildman–Crippen LogP) is 5.34. The Labute approximate surface area is 235 Å². The fourth-order valence-corrected chi connectivity index (χ4v) is 3.64. The summed E-state index contributed by atoms with van der Waals surface area (Å²) >= 11 is 0. The second kappa shape index (κ2) is 14.9. The van der Waals surface area contributed by atoms with Crippen molar-refractivity contribution in [3.05, 3.63) is 65.7 Å². The first-order valence-electron chi connectivity index (χ1n) is 13.1. The van der Waals surface area contributed by atoms with E-state index in [1.165, 1.54) is 19.1 Å². The van der Waals surface area contributed by atoms with Gasteiger partial charge in [-0.2, -0.15) is 0 Å². The highest BCUT2D eigenvalue weighted by molar-refractivity contribution is 5.85. The number of hydrogen-bond acceptors (Lipinski definition) is 8. The van der Waals surface area contributed by atoms with Crippen LogP contribution in [-0.2, 0) is 41.6 Å². The lowest BCUT2D eigenvalue weighted by Crippen LogP contribution is -2.47. The highest BCUT2D eigenvalue weighted by Gasteiger charge is 2.35. The van der Waals surface area contributed by atoms with Crippen LogP contribution < -0.4 is 5.32 Å². The molecule has 2 aromatic rings. The van der Waals surface area contributed by atoms with Crippen molar-refractivity contribution in [3.63, 3.8) is 0 Å². The number of ether oxygens (including phenoxy) is 4. The molecule has 2 atom stereocenters. The van der Waals surface area contributed by atoms with Crippen LogP contribution in [0.25, 0.3) is 0 Å². The van der Waals surface area contributed by atoms with E-state index in [1.54, 1.807) is 45.0 Å². The average Bonchev–Trinajstić information content (AvgIpc) is 2.90. The summed E-state index contributed by atoms with van der Waals surface area (Å²) in [5.41, 5.74) is 1.18. The monoisotopic (exact) mass is 556 g/mol. The summed E-state index contributed by atoms with van der Waals surface area (Å²) in [6.07, 6.45) is -2.25. The molecule has 2 aromatic carbocycles. The van der Waals surface area contributed by atoms with Crippen LogP contribution >= 0.6 is 0 Å². The molecule has 0 bridgehead atoms. The molecule has 218 valence electrons. The first-order valence-corrected chi connectivity index (χ1v) is 13.1. The van der Waals surface area contributed by atoms with E-state index in [1.807, 2.05) is 44.2 Å². The van der Waals surface area contributed by atoms with Gasteiger partial charge in [-0.3, -0.25) is 10.2 Å². The Morgan fingerprint density at radius 2 is 1.52 bits per heavy atom. The third-order valence-electron chi connectivity index (χ3n) is 5.67. The average molecular weight is 557 g/mol. The first-order chi connectivity index (χ1) is 18.8. The minimum Gasteiger partial charge on any atom is -0.458 e. The Kier molecular flexibility index (Phi) is 12.0. The summed E-state index contributed by atoms with van der Waals surface area (Å²) in [4.78, 5) is 52.0. The minimum atomic E-state index is -1.28. The second-order valence-corrected chi connectivity index (χ2v) is 10.8. The number of carbonyl (C=O) groups excluding carboxylic acids is 4. The van der Waals surface area contributed by atoms with Gasteiger partial charge >= 0.3 is 24.1 Å². The minimum absolute atomic E-state index is 0.00292. The zero-order valence-corrected chi connectivity index (χ0v) is 24.3. The molecule has 10 heteroatoms. The third kappa shape index (κ3) is 11.0. The second-order valence-electron chi connectivity index (χ2n) is 10.8. The van der Waals surface area contributed by atoms with Crippen molar-refractivity contribution in [2.45, 2.75) is 71.8 Å². The van der Waals surface area contributed by atoms with E-state index in [9.17, 15) is 19.2 Å². The fraction of sp³-hybridized carbons (Fsp3) is 0.467. The van der Waals surface area contributed by atoms with Gasteiger partial charge in [-0.25, -0.2) is 19.2 Å². The standard InChI is InChI=1S/C30H40N2O8/c1-20(2)17-24(32(6)29(36)40-30(3,4)5)26(33)39-25(27(34)38-19-22-11-9-8-10-12-22)18-21-13-15-23(16-14-21)31-28(35)37-7/h8-16,20,24-25H,17-19H2,1-7H3,(H,31,35)/t24-,25-/m1/s1. The Bertz CT molecular complexity index is 1130. The Balaban J connectivity index is 2.26. The molecular formula is C30H40N2O8. The van der Waals surface area contributed by atoms with Crippen LogP contribution in [0, 0.1) is 5.92 Å². The van der Waals surface area contributed by atoms with Crippen LogP contribution in [0.3, 0.4) is 0 Å². The van der Waals surface area contributed by atoms with E-state index >= 15 is 0 Å². The van der Waals surface area contributed by atoms with Gasteiger partial charge in [0, 0.05) is 19.2 Å². The number of esters is 2. The SMILES string of the molecule is COC(=O)Nc1ccc(C[C@@H](OC(=O)[C@@H](CC(C)C)N(C)C(=O)OC(C)(C)C)C(=O)OCc2ccccc2)cc1. The number of rotatable bonds is 11. The van der Waals surface area contributed by atoms with Crippen molar-refractivity contribution in [1.82, 2.24) is 4.90 Å². The molecule has 0 heterocycles. The Hall–Kier alpha value is -4.08. The Morgan fingerprint density at radius 1 is 0.900 bits per heavy atom. The van der Waals surface area contributed by atoms with E-state index in [2.05, 4.69) is 10.1 Å². The van der Waals surface area contributed by atoms with Crippen molar-refractivity contribution >= 4 is 29.8 Å². The topological polar surface area (TPSA) is 120 Å².